The first kappa shape index (κ1) is 19.7. The molecule has 1 atom stereocenters. The lowest BCUT2D eigenvalue weighted by atomic mass is 9.95. The van der Waals surface area contributed by atoms with Crippen LogP contribution in [0.25, 0.3) is 11.3 Å². The van der Waals surface area contributed by atoms with Crippen molar-refractivity contribution in [1.82, 2.24) is 0 Å². The molecule has 136 valence electrons. The van der Waals surface area contributed by atoms with Crippen LogP contribution in [0.15, 0.2) is 54.0 Å². The first-order chi connectivity index (χ1) is 12.3. The third-order valence-electron chi connectivity index (χ3n) is 4.07. The molecule has 0 spiro atoms. The summed E-state index contributed by atoms with van der Waals surface area (Å²) < 4.78 is 40.8. The summed E-state index contributed by atoms with van der Waals surface area (Å²) in [4.78, 5) is 4.15. The highest BCUT2D eigenvalue weighted by molar-refractivity contribution is 5.71. The summed E-state index contributed by atoms with van der Waals surface area (Å²) in [5.74, 6) is -2.63. The lowest BCUT2D eigenvalue weighted by Crippen LogP contribution is -2.00. The monoisotopic (exact) mass is 357 g/mol. The van der Waals surface area contributed by atoms with Gasteiger partial charge in [-0.25, -0.2) is 13.2 Å². The normalized spacial score (nSPS) is 13.2. The highest BCUT2D eigenvalue weighted by Gasteiger charge is 2.14. The molecule has 0 aliphatic carbocycles. The molecule has 0 aromatic heterocycles. The van der Waals surface area contributed by atoms with E-state index in [0.717, 1.165) is 11.1 Å². The molecular weight excluding hydrogens is 335 g/mol. The molecule has 0 N–H and O–H groups in total. The summed E-state index contributed by atoms with van der Waals surface area (Å²) in [6.07, 6.45) is 4.21. The highest BCUT2D eigenvalue weighted by atomic mass is 19.1. The van der Waals surface area contributed by atoms with Crippen molar-refractivity contribution in [3.8, 4) is 0 Å². The van der Waals surface area contributed by atoms with E-state index in [1.165, 1.54) is 0 Å². The second-order valence-corrected chi connectivity index (χ2v) is 6.31. The van der Waals surface area contributed by atoms with Crippen molar-refractivity contribution >= 4 is 17.5 Å². The minimum absolute atomic E-state index is 0.0570. The van der Waals surface area contributed by atoms with Gasteiger partial charge in [0, 0.05) is 23.9 Å². The van der Waals surface area contributed by atoms with Gasteiger partial charge in [-0.1, -0.05) is 43.8 Å². The number of benzene rings is 2. The van der Waals surface area contributed by atoms with E-state index >= 15 is 0 Å². The summed E-state index contributed by atoms with van der Waals surface area (Å²) in [7, 11) is 0. The predicted octanol–water partition coefficient (Wildman–Crippen LogP) is 6.45. The molecular formula is C22H22F3N. The lowest BCUT2D eigenvalue weighted by Gasteiger charge is -2.11. The summed E-state index contributed by atoms with van der Waals surface area (Å²) in [5, 5.41) is 0. The van der Waals surface area contributed by atoms with E-state index in [2.05, 4.69) is 11.6 Å². The van der Waals surface area contributed by atoms with Crippen molar-refractivity contribution in [2.24, 2.45) is 10.9 Å². The van der Waals surface area contributed by atoms with Gasteiger partial charge in [0.15, 0.2) is 0 Å². The van der Waals surface area contributed by atoms with Gasteiger partial charge in [0.1, 0.15) is 17.5 Å². The standard InChI is InChI=1S/C22H22F3N/c1-5-26-16(4)18-8-6-17(7-9-18)11-14(2)10-15(3)22-20(24)12-19(23)13-21(22)25/h5-10,12-14H,4,11H2,1-3H3/b15-10+,26-5?. The quantitative estimate of drug-likeness (QED) is 0.527. The van der Waals surface area contributed by atoms with Gasteiger partial charge in [0.05, 0.1) is 5.70 Å². The molecule has 2 aromatic carbocycles. The van der Waals surface area contributed by atoms with Crippen LogP contribution < -0.4 is 0 Å². The highest BCUT2D eigenvalue weighted by Crippen LogP contribution is 2.25. The molecule has 4 heteroatoms. The first-order valence-corrected chi connectivity index (χ1v) is 8.42. The molecule has 0 saturated carbocycles. The largest absolute Gasteiger partial charge is 0.262 e. The van der Waals surface area contributed by atoms with Crippen LogP contribution in [0, 0.1) is 23.4 Å². The smallest absolute Gasteiger partial charge is 0.136 e. The number of hydrogen-bond acceptors (Lipinski definition) is 1. The van der Waals surface area contributed by atoms with Crippen LogP contribution in [0.2, 0.25) is 0 Å². The Balaban J connectivity index is 2.14. The number of allylic oxidation sites excluding steroid dienone is 2. The number of hydrogen-bond donors (Lipinski definition) is 0. The van der Waals surface area contributed by atoms with E-state index < -0.39 is 17.5 Å². The maximum absolute atomic E-state index is 13.9. The van der Waals surface area contributed by atoms with Gasteiger partial charge in [-0.15, -0.1) is 0 Å². The molecule has 1 unspecified atom stereocenters. The molecule has 26 heavy (non-hydrogen) atoms. The van der Waals surface area contributed by atoms with E-state index in [4.69, 9.17) is 0 Å². The number of nitrogens with zero attached hydrogens (tertiary/aromatic N) is 1. The molecule has 2 rings (SSSR count). The molecule has 0 heterocycles. The summed E-state index contributed by atoms with van der Waals surface area (Å²) >= 11 is 0. The van der Waals surface area contributed by atoms with Crippen molar-refractivity contribution in [3.63, 3.8) is 0 Å². The van der Waals surface area contributed by atoms with Gasteiger partial charge in [0.25, 0.3) is 0 Å². The van der Waals surface area contributed by atoms with E-state index in [9.17, 15) is 13.2 Å². The third-order valence-corrected chi connectivity index (χ3v) is 4.07. The molecule has 2 aromatic rings. The zero-order valence-corrected chi connectivity index (χ0v) is 15.2. The van der Waals surface area contributed by atoms with Crippen LogP contribution in [-0.2, 0) is 6.42 Å². The zero-order chi connectivity index (χ0) is 19.3. The van der Waals surface area contributed by atoms with E-state index in [1.807, 2.05) is 38.1 Å². The van der Waals surface area contributed by atoms with Crippen LogP contribution in [0.3, 0.4) is 0 Å². The minimum atomic E-state index is -0.918. The number of aliphatic imine (C=N–C) groups is 1. The second-order valence-electron chi connectivity index (χ2n) is 6.31. The molecule has 0 saturated heterocycles. The average Bonchev–Trinajstić information content (AvgIpc) is 2.54. The molecule has 1 nitrogen and oxygen atoms in total. The van der Waals surface area contributed by atoms with E-state index in [-0.39, 0.29) is 11.5 Å². The molecule has 0 aliphatic heterocycles. The van der Waals surface area contributed by atoms with Gasteiger partial charge in [-0.05, 0) is 42.9 Å². The van der Waals surface area contributed by atoms with E-state index in [0.29, 0.717) is 29.8 Å². The van der Waals surface area contributed by atoms with Gasteiger partial charge >= 0.3 is 0 Å². The molecule has 0 radical (unpaired) electrons. The maximum atomic E-state index is 13.9. The molecule has 0 amide bonds. The van der Waals surface area contributed by atoms with Crippen molar-refractivity contribution in [3.05, 3.63) is 83.2 Å². The Hall–Kier alpha value is -2.62. The van der Waals surface area contributed by atoms with Crippen LogP contribution in [0.4, 0.5) is 13.2 Å². The summed E-state index contributed by atoms with van der Waals surface area (Å²) in [6, 6.07) is 9.28. The Labute approximate surface area is 152 Å². The Morgan fingerprint density at radius 1 is 1.12 bits per heavy atom. The topological polar surface area (TPSA) is 12.4 Å². The predicted molar refractivity (Wildman–Crippen MR) is 102 cm³/mol. The third kappa shape index (κ3) is 4.94. The van der Waals surface area contributed by atoms with Crippen molar-refractivity contribution in [2.75, 3.05) is 0 Å². The summed E-state index contributed by atoms with van der Waals surface area (Å²) in [6.45, 7) is 9.33. The van der Waals surface area contributed by atoms with Gasteiger partial charge in [-0.2, -0.15) is 0 Å². The molecule has 0 bridgehead atoms. The van der Waals surface area contributed by atoms with Gasteiger partial charge < -0.3 is 0 Å². The Morgan fingerprint density at radius 2 is 1.69 bits per heavy atom. The number of rotatable bonds is 6. The van der Waals surface area contributed by atoms with Crippen LogP contribution in [0.5, 0.6) is 0 Å². The Bertz CT molecular complexity index is 825. The lowest BCUT2D eigenvalue weighted by molar-refractivity contribution is 0.538. The SMILES string of the molecule is C=C(N=CC)c1ccc(CC(C)/C=C(\C)c2c(F)cc(F)cc2F)cc1. The maximum Gasteiger partial charge on any atom is 0.136 e. The van der Waals surface area contributed by atoms with Crippen LogP contribution in [0.1, 0.15) is 37.5 Å². The van der Waals surface area contributed by atoms with Crippen molar-refractivity contribution in [2.45, 2.75) is 27.2 Å². The van der Waals surface area contributed by atoms with Gasteiger partial charge in [-0.3, -0.25) is 4.99 Å². The molecule has 0 aliphatic rings. The minimum Gasteiger partial charge on any atom is -0.262 e. The van der Waals surface area contributed by atoms with Gasteiger partial charge in [0.2, 0.25) is 0 Å². The Morgan fingerprint density at radius 3 is 2.23 bits per heavy atom. The molecule has 0 fully saturated rings. The van der Waals surface area contributed by atoms with Crippen molar-refractivity contribution in [1.29, 1.82) is 0 Å². The first-order valence-electron chi connectivity index (χ1n) is 8.42. The fourth-order valence-corrected chi connectivity index (χ4v) is 2.92. The van der Waals surface area contributed by atoms with E-state index in [1.54, 1.807) is 19.2 Å². The Kier molecular flexibility index (Phi) is 6.56. The fourth-order valence-electron chi connectivity index (χ4n) is 2.92. The summed E-state index contributed by atoms with van der Waals surface area (Å²) in [5.41, 5.74) is 3.02. The zero-order valence-electron chi connectivity index (χ0n) is 15.2. The van der Waals surface area contributed by atoms with Crippen LogP contribution in [-0.4, -0.2) is 6.21 Å². The van der Waals surface area contributed by atoms with Crippen molar-refractivity contribution < 1.29 is 13.2 Å². The number of halogens is 3. The fraction of sp³-hybridized carbons (Fsp3) is 0.227. The average molecular weight is 357 g/mol. The van der Waals surface area contributed by atoms with Crippen LogP contribution >= 0.6 is 0 Å². The second kappa shape index (κ2) is 8.65.